The smallest absolute Gasteiger partial charge is 0.0929 e. The monoisotopic (exact) mass is 249 g/mol. The average molecular weight is 250 g/mol. The average Bonchev–Trinajstić information content (AvgIpc) is 2.71. The fourth-order valence-corrected chi connectivity index (χ4v) is 2.16. The van der Waals surface area contributed by atoms with Gasteiger partial charge in [0.25, 0.3) is 0 Å². The van der Waals surface area contributed by atoms with Gasteiger partial charge in [-0.25, -0.2) is 4.98 Å². The lowest BCUT2D eigenvalue weighted by molar-refractivity contribution is 0.0695. The number of aryl methyl sites for hydroxylation is 1. The lowest BCUT2D eigenvalue weighted by Gasteiger charge is -2.01. The summed E-state index contributed by atoms with van der Waals surface area (Å²) in [4.78, 5) is 4.37. The third-order valence-electron chi connectivity index (χ3n) is 1.85. The molecule has 0 radical (unpaired) electrons. The highest BCUT2D eigenvalue weighted by molar-refractivity contribution is 7.09. The third-order valence-corrected chi connectivity index (χ3v) is 3.08. The summed E-state index contributed by atoms with van der Waals surface area (Å²) in [5.41, 5.74) is 0.969. The summed E-state index contributed by atoms with van der Waals surface area (Å²) < 4.78 is 10.2. The number of halogens is 1. The van der Waals surface area contributed by atoms with Crippen molar-refractivity contribution in [2.45, 2.75) is 18.7 Å². The number of alkyl halides is 1. The maximum Gasteiger partial charge on any atom is 0.0929 e. The van der Waals surface area contributed by atoms with Crippen LogP contribution >= 0.6 is 22.9 Å². The molecule has 0 unspecified atom stereocenters. The minimum absolute atomic E-state index is 0.501. The van der Waals surface area contributed by atoms with E-state index >= 15 is 0 Å². The van der Waals surface area contributed by atoms with E-state index in [0.717, 1.165) is 30.2 Å². The Hall–Kier alpha value is -0.160. The van der Waals surface area contributed by atoms with Gasteiger partial charge in [0.05, 0.1) is 29.8 Å². The van der Waals surface area contributed by atoms with Crippen LogP contribution in [0.25, 0.3) is 0 Å². The molecule has 1 aromatic heterocycles. The standard InChI is InChI=1S/C10H16ClNO2S/c1-13-5-6-14-4-2-3-10-12-9(7-11)8-15-10/h8H,2-7H2,1H3. The van der Waals surface area contributed by atoms with Crippen LogP contribution in [-0.4, -0.2) is 31.9 Å². The first-order valence-electron chi connectivity index (χ1n) is 4.92. The van der Waals surface area contributed by atoms with Crippen LogP contribution in [0.2, 0.25) is 0 Å². The predicted octanol–water partition coefficient (Wildman–Crippen LogP) is 2.48. The minimum atomic E-state index is 0.501. The first kappa shape index (κ1) is 12.9. The van der Waals surface area contributed by atoms with Crippen LogP contribution in [0.3, 0.4) is 0 Å². The van der Waals surface area contributed by atoms with Crippen LogP contribution in [0, 0.1) is 0 Å². The highest BCUT2D eigenvalue weighted by Crippen LogP contribution is 2.13. The molecule has 1 rings (SSSR count). The van der Waals surface area contributed by atoms with Crippen LogP contribution in [0.4, 0.5) is 0 Å². The number of hydrogen-bond donors (Lipinski definition) is 0. The van der Waals surface area contributed by atoms with Crippen molar-refractivity contribution in [2.75, 3.05) is 26.9 Å². The van der Waals surface area contributed by atoms with Crippen LogP contribution in [0.1, 0.15) is 17.1 Å². The van der Waals surface area contributed by atoms with Crippen molar-refractivity contribution in [1.82, 2.24) is 4.98 Å². The summed E-state index contributed by atoms with van der Waals surface area (Å²) in [6.45, 7) is 2.09. The Kier molecular flexibility index (Phi) is 6.92. The molecule has 0 saturated heterocycles. The molecule has 0 amide bonds. The van der Waals surface area contributed by atoms with Gasteiger partial charge in [-0.1, -0.05) is 0 Å². The van der Waals surface area contributed by atoms with E-state index in [0.29, 0.717) is 19.1 Å². The van der Waals surface area contributed by atoms with Crippen molar-refractivity contribution in [2.24, 2.45) is 0 Å². The lowest BCUT2D eigenvalue weighted by atomic mass is 10.3. The van der Waals surface area contributed by atoms with Gasteiger partial charge < -0.3 is 9.47 Å². The fraction of sp³-hybridized carbons (Fsp3) is 0.700. The molecule has 0 fully saturated rings. The Morgan fingerprint density at radius 1 is 1.40 bits per heavy atom. The van der Waals surface area contributed by atoms with Gasteiger partial charge in [-0.05, 0) is 6.42 Å². The summed E-state index contributed by atoms with van der Waals surface area (Å²) in [6.07, 6.45) is 1.97. The van der Waals surface area contributed by atoms with Crippen molar-refractivity contribution in [3.05, 3.63) is 16.1 Å². The molecule has 86 valence electrons. The van der Waals surface area contributed by atoms with Crippen molar-refractivity contribution >= 4 is 22.9 Å². The van der Waals surface area contributed by atoms with E-state index in [1.54, 1.807) is 18.4 Å². The van der Waals surface area contributed by atoms with Gasteiger partial charge in [-0.2, -0.15) is 0 Å². The summed E-state index contributed by atoms with van der Waals surface area (Å²) in [7, 11) is 1.67. The van der Waals surface area contributed by atoms with Crippen LogP contribution in [-0.2, 0) is 21.8 Å². The van der Waals surface area contributed by atoms with Crippen molar-refractivity contribution in [1.29, 1.82) is 0 Å². The van der Waals surface area contributed by atoms with E-state index in [-0.39, 0.29) is 0 Å². The van der Waals surface area contributed by atoms with Gasteiger partial charge >= 0.3 is 0 Å². The summed E-state index contributed by atoms with van der Waals surface area (Å²) in [6, 6.07) is 0. The Labute approximate surface area is 99.4 Å². The molecule has 0 N–H and O–H groups in total. The molecule has 1 heterocycles. The molecule has 0 bridgehead atoms. The maximum atomic E-state index is 5.66. The number of hydrogen-bond acceptors (Lipinski definition) is 4. The van der Waals surface area contributed by atoms with Crippen LogP contribution < -0.4 is 0 Å². The zero-order valence-electron chi connectivity index (χ0n) is 8.87. The number of thiazole rings is 1. The molecule has 15 heavy (non-hydrogen) atoms. The number of aromatic nitrogens is 1. The number of methoxy groups -OCH3 is 1. The van der Waals surface area contributed by atoms with E-state index in [9.17, 15) is 0 Å². The zero-order chi connectivity index (χ0) is 10.9. The molecule has 0 spiro atoms. The number of nitrogens with zero attached hydrogens (tertiary/aromatic N) is 1. The zero-order valence-corrected chi connectivity index (χ0v) is 10.4. The number of rotatable bonds is 8. The topological polar surface area (TPSA) is 31.4 Å². The van der Waals surface area contributed by atoms with E-state index in [1.165, 1.54) is 0 Å². The van der Waals surface area contributed by atoms with Crippen LogP contribution in [0.5, 0.6) is 0 Å². The Bertz CT molecular complexity index is 268. The second-order valence-electron chi connectivity index (χ2n) is 3.07. The van der Waals surface area contributed by atoms with E-state index in [4.69, 9.17) is 21.1 Å². The van der Waals surface area contributed by atoms with Crippen molar-refractivity contribution in [3.8, 4) is 0 Å². The van der Waals surface area contributed by atoms with Gasteiger partial charge in [0.1, 0.15) is 0 Å². The third kappa shape index (κ3) is 5.47. The molecule has 5 heteroatoms. The molecule has 1 aromatic rings. The molecular formula is C10H16ClNO2S. The predicted molar refractivity (Wildman–Crippen MR) is 62.7 cm³/mol. The van der Waals surface area contributed by atoms with E-state index < -0.39 is 0 Å². The first-order chi connectivity index (χ1) is 7.36. The van der Waals surface area contributed by atoms with Gasteiger partial charge in [0.15, 0.2) is 0 Å². The molecule has 0 aliphatic heterocycles. The summed E-state index contributed by atoms with van der Waals surface area (Å²) >= 11 is 7.33. The van der Waals surface area contributed by atoms with E-state index in [1.807, 2.05) is 5.38 Å². The molecular weight excluding hydrogens is 234 g/mol. The van der Waals surface area contributed by atoms with Crippen LogP contribution in [0.15, 0.2) is 5.38 Å². The molecule has 0 aliphatic carbocycles. The Balaban J connectivity index is 2.04. The Morgan fingerprint density at radius 2 is 2.27 bits per heavy atom. The number of ether oxygens (including phenoxy) is 2. The molecule has 0 saturated carbocycles. The van der Waals surface area contributed by atoms with Gasteiger partial charge in [-0.15, -0.1) is 22.9 Å². The first-order valence-corrected chi connectivity index (χ1v) is 6.34. The maximum absolute atomic E-state index is 5.66. The largest absolute Gasteiger partial charge is 0.382 e. The van der Waals surface area contributed by atoms with Gasteiger partial charge in [0.2, 0.25) is 0 Å². The van der Waals surface area contributed by atoms with Crippen molar-refractivity contribution < 1.29 is 9.47 Å². The van der Waals surface area contributed by atoms with Gasteiger partial charge in [0, 0.05) is 25.5 Å². The highest BCUT2D eigenvalue weighted by Gasteiger charge is 2.00. The SMILES string of the molecule is COCCOCCCc1nc(CCl)cs1. The quantitative estimate of drug-likeness (QED) is 0.524. The summed E-state index contributed by atoms with van der Waals surface area (Å²) in [5.74, 6) is 0.501. The molecule has 0 aromatic carbocycles. The summed E-state index contributed by atoms with van der Waals surface area (Å²) in [5, 5.41) is 3.15. The Morgan fingerprint density at radius 3 is 2.93 bits per heavy atom. The minimum Gasteiger partial charge on any atom is -0.382 e. The molecule has 3 nitrogen and oxygen atoms in total. The molecule has 0 aliphatic rings. The van der Waals surface area contributed by atoms with E-state index in [2.05, 4.69) is 4.98 Å². The van der Waals surface area contributed by atoms with Gasteiger partial charge in [-0.3, -0.25) is 0 Å². The lowest BCUT2D eigenvalue weighted by Crippen LogP contribution is -2.03. The second-order valence-corrected chi connectivity index (χ2v) is 4.28. The normalized spacial score (nSPS) is 10.8. The second kappa shape index (κ2) is 8.05. The highest BCUT2D eigenvalue weighted by atomic mass is 35.5. The van der Waals surface area contributed by atoms with Crippen molar-refractivity contribution in [3.63, 3.8) is 0 Å². The molecule has 0 atom stereocenters. The fourth-order valence-electron chi connectivity index (χ4n) is 1.09.